The van der Waals surface area contributed by atoms with E-state index < -0.39 is 36.1 Å². The first-order valence-corrected chi connectivity index (χ1v) is 10.3. The second-order valence-electron chi connectivity index (χ2n) is 7.68. The quantitative estimate of drug-likeness (QED) is 0.336. The van der Waals surface area contributed by atoms with Gasteiger partial charge in [0.15, 0.2) is 17.6 Å². The Morgan fingerprint density at radius 3 is 2.03 bits per heavy atom. The molecule has 7 N–H and O–H groups in total. The van der Waals surface area contributed by atoms with Gasteiger partial charge in [0.05, 0.1) is 0 Å². The van der Waals surface area contributed by atoms with E-state index in [4.69, 9.17) is 4.74 Å². The van der Waals surface area contributed by atoms with Crippen LogP contribution in [0, 0.1) is 6.92 Å². The number of hydrogen-bond donors (Lipinski definition) is 7. The summed E-state index contributed by atoms with van der Waals surface area (Å²) in [5, 5.41) is 55.1. The Kier molecular flexibility index (Phi) is 7.14. The number of nitrogens with one attached hydrogen (secondary N) is 2. The van der Waals surface area contributed by atoms with Gasteiger partial charge in [0.1, 0.15) is 12.7 Å². The van der Waals surface area contributed by atoms with Gasteiger partial charge in [-0.3, -0.25) is 9.59 Å². The second-order valence-corrected chi connectivity index (χ2v) is 7.68. The minimum absolute atomic E-state index is 0.296. The highest BCUT2D eigenvalue weighted by Crippen LogP contribution is 2.35. The van der Waals surface area contributed by atoms with Gasteiger partial charge in [-0.25, -0.2) is 0 Å². The van der Waals surface area contributed by atoms with Crippen molar-refractivity contribution >= 4 is 11.8 Å². The molecule has 0 saturated carbocycles. The Morgan fingerprint density at radius 2 is 1.53 bits per heavy atom. The lowest BCUT2D eigenvalue weighted by molar-refractivity contribution is -0.0310. The average Bonchev–Trinajstić information content (AvgIpc) is 2.85. The first-order chi connectivity index (χ1) is 16.1. The lowest BCUT2D eigenvalue weighted by Crippen LogP contribution is -2.31. The van der Waals surface area contributed by atoms with Crippen LogP contribution >= 0.6 is 0 Å². The van der Waals surface area contributed by atoms with Crippen molar-refractivity contribution in [1.82, 2.24) is 10.6 Å². The van der Waals surface area contributed by atoms with Gasteiger partial charge in [0.2, 0.25) is 11.5 Å². The van der Waals surface area contributed by atoms with Crippen LogP contribution in [0.2, 0.25) is 0 Å². The Morgan fingerprint density at radius 1 is 0.941 bits per heavy atom. The molecular formula is C24H26N2O8. The van der Waals surface area contributed by atoms with Crippen molar-refractivity contribution in [2.45, 2.75) is 19.1 Å². The molecule has 2 amide bonds. The number of aliphatic hydroxyl groups is 5. The molecule has 1 aliphatic rings. The number of benzene rings is 2. The molecule has 1 aliphatic heterocycles. The molecule has 0 aromatic heterocycles. The van der Waals surface area contributed by atoms with Crippen LogP contribution in [0.1, 0.15) is 37.9 Å². The highest BCUT2D eigenvalue weighted by Gasteiger charge is 2.36. The molecule has 0 radical (unpaired) electrons. The first-order valence-electron chi connectivity index (χ1n) is 10.3. The van der Waals surface area contributed by atoms with Crippen molar-refractivity contribution in [2.24, 2.45) is 0 Å². The van der Waals surface area contributed by atoms with Gasteiger partial charge < -0.3 is 40.9 Å². The predicted octanol–water partition coefficient (Wildman–Crippen LogP) is 1.90. The van der Waals surface area contributed by atoms with Crippen LogP contribution in [0.3, 0.4) is 0 Å². The summed E-state index contributed by atoms with van der Waals surface area (Å²) >= 11 is 0. The predicted molar refractivity (Wildman–Crippen MR) is 122 cm³/mol. The second kappa shape index (κ2) is 9.86. The van der Waals surface area contributed by atoms with E-state index in [0.717, 1.165) is 0 Å². The Bertz CT molecular complexity index is 1170. The summed E-state index contributed by atoms with van der Waals surface area (Å²) in [6.07, 6.45) is -2.91. The van der Waals surface area contributed by atoms with Crippen LogP contribution in [0.4, 0.5) is 0 Å². The summed E-state index contributed by atoms with van der Waals surface area (Å²) in [6.45, 7) is 0.952. The molecule has 2 aromatic carbocycles. The largest absolute Gasteiger partial charge is 0.505 e. The van der Waals surface area contributed by atoms with Crippen molar-refractivity contribution < 1.29 is 39.9 Å². The fraction of sp³-hybridized carbons (Fsp3) is 0.250. The lowest BCUT2D eigenvalue weighted by Gasteiger charge is -2.29. The highest BCUT2D eigenvalue weighted by atomic mass is 16.5. The molecular weight excluding hydrogens is 444 g/mol. The van der Waals surface area contributed by atoms with Gasteiger partial charge in [-0.1, -0.05) is 18.2 Å². The molecule has 1 heterocycles. The maximum absolute atomic E-state index is 12.2. The molecule has 34 heavy (non-hydrogen) atoms. The Hall–Kier alpha value is -4.02. The molecule has 0 spiro atoms. The van der Waals surface area contributed by atoms with E-state index in [0.29, 0.717) is 33.4 Å². The number of aryl methyl sites for hydroxylation is 1. The Labute approximate surface area is 195 Å². The van der Waals surface area contributed by atoms with Crippen LogP contribution in [0.5, 0.6) is 0 Å². The number of aliphatic hydroxyl groups excluding tert-OH is 5. The SMILES string of the molecule is CNC(=O)c1cc(C(=O)NC)cc(-c2ccc([C@@H](O)[C@H]3OC(CO)=C(O)C(O)=C3O)c(C)c2)c1. The Balaban J connectivity index is 2.00. The molecule has 10 nitrogen and oxygen atoms in total. The third-order valence-electron chi connectivity index (χ3n) is 5.53. The first kappa shape index (κ1) is 24.6. The van der Waals surface area contributed by atoms with Gasteiger partial charge in [0.25, 0.3) is 11.8 Å². The fourth-order valence-electron chi connectivity index (χ4n) is 3.67. The summed E-state index contributed by atoms with van der Waals surface area (Å²) < 4.78 is 5.30. The minimum atomic E-state index is -1.46. The molecule has 180 valence electrons. The molecule has 10 heteroatoms. The van der Waals surface area contributed by atoms with E-state index >= 15 is 0 Å². The summed E-state index contributed by atoms with van der Waals surface area (Å²) in [7, 11) is 2.97. The molecule has 0 saturated heterocycles. The molecule has 3 rings (SSSR count). The summed E-state index contributed by atoms with van der Waals surface area (Å²) in [4.78, 5) is 24.4. The van der Waals surface area contributed by atoms with E-state index in [1.54, 1.807) is 37.3 Å². The van der Waals surface area contributed by atoms with E-state index in [-0.39, 0.29) is 17.6 Å². The van der Waals surface area contributed by atoms with Crippen molar-refractivity contribution in [3.05, 3.63) is 81.7 Å². The molecule has 0 unspecified atom stereocenters. The van der Waals surface area contributed by atoms with Gasteiger partial charge in [-0.15, -0.1) is 0 Å². The average molecular weight is 470 g/mol. The monoisotopic (exact) mass is 470 g/mol. The van der Waals surface area contributed by atoms with Gasteiger partial charge in [0, 0.05) is 25.2 Å². The van der Waals surface area contributed by atoms with Crippen molar-refractivity contribution in [3.8, 4) is 11.1 Å². The third-order valence-corrected chi connectivity index (χ3v) is 5.53. The normalized spacial score (nSPS) is 16.7. The summed E-state index contributed by atoms with van der Waals surface area (Å²) in [5.41, 5.74) is 2.77. The fourth-order valence-corrected chi connectivity index (χ4v) is 3.67. The molecule has 0 aliphatic carbocycles. The number of hydrogen-bond acceptors (Lipinski definition) is 8. The zero-order chi connectivity index (χ0) is 25.2. The van der Waals surface area contributed by atoms with Gasteiger partial charge in [-0.2, -0.15) is 0 Å². The zero-order valence-corrected chi connectivity index (χ0v) is 18.8. The van der Waals surface area contributed by atoms with Crippen molar-refractivity contribution in [3.63, 3.8) is 0 Å². The smallest absolute Gasteiger partial charge is 0.251 e. The number of carbonyl (C=O) groups excluding carboxylic acids is 2. The zero-order valence-electron chi connectivity index (χ0n) is 18.8. The van der Waals surface area contributed by atoms with Gasteiger partial charge in [-0.05, 0) is 47.4 Å². The minimum Gasteiger partial charge on any atom is -0.505 e. The number of amides is 2. The van der Waals surface area contributed by atoms with Crippen LogP contribution in [0.25, 0.3) is 11.1 Å². The van der Waals surface area contributed by atoms with Crippen LogP contribution in [-0.2, 0) is 4.74 Å². The molecule has 2 atom stereocenters. The summed E-state index contributed by atoms with van der Waals surface area (Å²) in [6, 6.07) is 9.70. The number of rotatable bonds is 6. The third kappa shape index (κ3) is 4.54. The number of ether oxygens (including phenoxy) is 1. The standard InChI is InChI=1S/C24H26N2O8/c1-11-6-12(13-7-14(23(32)25-2)9-15(8-13)24(33)26-3)4-5-16(11)18(28)22-21(31)20(30)19(29)17(10-27)34-22/h4-9,18,22,27-31H,10H2,1-3H3,(H,25,32)(H,26,33)/t18-,22-/m1/s1. The van der Waals surface area contributed by atoms with Crippen LogP contribution < -0.4 is 10.6 Å². The van der Waals surface area contributed by atoms with E-state index in [1.807, 2.05) is 0 Å². The van der Waals surface area contributed by atoms with Gasteiger partial charge >= 0.3 is 0 Å². The molecule has 0 fully saturated rings. The maximum atomic E-state index is 12.2. The van der Waals surface area contributed by atoms with E-state index in [2.05, 4.69) is 10.6 Å². The van der Waals surface area contributed by atoms with E-state index in [9.17, 15) is 35.1 Å². The summed E-state index contributed by atoms with van der Waals surface area (Å²) in [5.74, 6) is -3.58. The van der Waals surface area contributed by atoms with Crippen molar-refractivity contribution in [1.29, 1.82) is 0 Å². The topological polar surface area (TPSA) is 169 Å². The van der Waals surface area contributed by atoms with Crippen LogP contribution in [0.15, 0.2) is 59.4 Å². The highest BCUT2D eigenvalue weighted by molar-refractivity contribution is 6.01. The van der Waals surface area contributed by atoms with Crippen molar-refractivity contribution in [2.75, 3.05) is 20.7 Å². The molecule has 0 bridgehead atoms. The number of carbonyl (C=O) groups is 2. The van der Waals surface area contributed by atoms with Crippen LogP contribution in [-0.4, -0.2) is 64.2 Å². The molecule has 2 aromatic rings. The lowest BCUT2D eigenvalue weighted by atomic mass is 9.92. The maximum Gasteiger partial charge on any atom is 0.251 e. The van der Waals surface area contributed by atoms with E-state index in [1.165, 1.54) is 20.2 Å².